The van der Waals surface area contributed by atoms with Crippen LogP contribution in [0, 0.1) is 0 Å². The van der Waals surface area contributed by atoms with E-state index in [1.54, 1.807) is 6.20 Å². The van der Waals surface area contributed by atoms with Gasteiger partial charge in [-0.05, 0) is 52.9 Å². The van der Waals surface area contributed by atoms with E-state index < -0.39 is 0 Å². The standard InChI is InChI=1S/C33H33N3O2/c1-2-25-12-9-16-29-31(22-36-33(25)29)30(21-32(37)35-19-17-27-14-6-7-18-34-27)26-13-8-15-28(20-26)38-23-24-10-4-3-5-11-24/h3-16,18,20,22,30,36H,2,17,19,21,23H2,1H3,(H,35,37). The van der Waals surface area contributed by atoms with Crippen LogP contribution in [0.4, 0.5) is 0 Å². The molecule has 5 rings (SSSR count). The minimum Gasteiger partial charge on any atom is -0.489 e. The van der Waals surface area contributed by atoms with Gasteiger partial charge in [0.2, 0.25) is 5.91 Å². The summed E-state index contributed by atoms with van der Waals surface area (Å²) >= 11 is 0. The summed E-state index contributed by atoms with van der Waals surface area (Å²) < 4.78 is 6.13. The zero-order chi connectivity index (χ0) is 26.2. The number of nitrogens with one attached hydrogen (secondary N) is 2. The maximum atomic E-state index is 13.2. The van der Waals surface area contributed by atoms with Gasteiger partial charge in [0.1, 0.15) is 12.4 Å². The van der Waals surface area contributed by atoms with Gasteiger partial charge >= 0.3 is 0 Å². The number of aromatic amines is 1. The number of aromatic nitrogens is 2. The lowest BCUT2D eigenvalue weighted by atomic mass is 9.87. The van der Waals surface area contributed by atoms with Crippen LogP contribution in [0.5, 0.6) is 5.75 Å². The van der Waals surface area contributed by atoms with Crippen molar-refractivity contribution in [3.63, 3.8) is 0 Å². The fourth-order valence-corrected chi connectivity index (χ4v) is 4.92. The SMILES string of the molecule is CCc1cccc2c(C(CC(=O)NCCc3ccccn3)c3cccc(OCc4ccccc4)c3)c[nH]c12. The third kappa shape index (κ3) is 6.12. The highest BCUT2D eigenvalue weighted by Crippen LogP contribution is 2.36. The Hall–Kier alpha value is -4.38. The largest absolute Gasteiger partial charge is 0.489 e. The molecule has 1 unspecified atom stereocenters. The maximum absolute atomic E-state index is 13.2. The van der Waals surface area contributed by atoms with Gasteiger partial charge in [-0.15, -0.1) is 0 Å². The molecule has 1 atom stereocenters. The number of hydrogen-bond acceptors (Lipinski definition) is 3. The Balaban J connectivity index is 1.39. The second-order valence-corrected chi connectivity index (χ2v) is 9.46. The first-order valence-corrected chi connectivity index (χ1v) is 13.2. The lowest BCUT2D eigenvalue weighted by Crippen LogP contribution is -2.27. The van der Waals surface area contributed by atoms with Crippen LogP contribution < -0.4 is 10.1 Å². The molecule has 0 aliphatic carbocycles. The first-order chi connectivity index (χ1) is 18.7. The number of hydrogen-bond donors (Lipinski definition) is 2. The smallest absolute Gasteiger partial charge is 0.220 e. The number of nitrogens with zero attached hydrogens (tertiary/aromatic N) is 1. The zero-order valence-corrected chi connectivity index (χ0v) is 21.7. The Labute approximate surface area is 223 Å². The van der Waals surface area contributed by atoms with Gasteiger partial charge in [0.15, 0.2) is 0 Å². The molecule has 38 heavy (non-hydrogen) atoms. The third-order valence-corrected chi connectivity index (χ3v) is 6.92. The van der Waals surface area contributed by atoms with E-state index >= 15 is 0 Å². The molecule has 0 bridgehead atoms. The third-order valence-electron chi connectivity index (χ3n) is 6.92. The Morgan fingerprint density at radius 2 is 1.82 bits per heavy atom. The number of aryl methyl sites for hydroxylation is 1. The van der Waals surface area contributed by atoms with E-state index in [4.69, 9.17) is 4.74 Å². The first kappa shape index (κ1) is 25.3. The van der Waals surface area contributed by atoms with Crippen molar-refractivity contribution in [3.05, 3.63) is 131 Å². The number of carbonyl (C=O) groups is 1. The highest BCUT2D eigenvalue weighted by Gasteiger charge is 2.22. The van der Waals surface area contributed by atoms with Crippen LogP contribution in [-0.2, 0) is 24.2 Å². The minimum absolute atomic E-state index is 0.0162. The van der Waals surface area contributed by atoms with Gasteiger partial charge in [0.25, 0.3) is 0 Å². The number of rotatable bonds is 11. The zero-order valence-electron chi connectivity index (χ0n) is 21.7. The first-order valence-electron chi connectivity index (χ1n) is 13.2. The summed E-state index contributed by atoms with van der Waals surface area (Å²) in [4.78, 5) is 21.0. The van der Waals surface area contributed by atoms with E-state index in [2.05, 4.69) is 70.9 Å². The molecular formula is C33H33N3O2. The molecule has 3 aromatic carbocycles. The van der Waals surface area contributed by atoms with Crippen molar-refractivity contribution >= 4 is 16.8 Å². The number of benzene rings is 3. The fraction of sp³-hybridized carbons (Fsp3) is 0.212. The predicted molar refractivity (Wildman–Crippen MR) is 152 cm³/mol. The average Bonchev–Trinajstić information content (AvgIpc) is 3.40. The van der Waals surface area contributed by atoms with E-state index in [1.165, 1.54) is 5.56 Å². The molecular weight excluding hydrogens is 470 g/mol. The topological polar surface area (TPSA) is 67.0 Å². The monoisotopic (exact) mass is 503 g/mol. The van der Waals surface area contributed by atoms with E-state index in [1.807, 2.05) is 48.5 Å². The lowest BCUT2D eigenvalue weighted by molar-refractivity contribution is -0.121. The van der Waals surface area contributed by atoms with Crippen LogP contribution in [0.3, 0.4) is 0 Å². The number of H-pyrrole nitrogens is 1. The molecule has 2 N–H and O–H groups in total. The predicted octanol–water partition coefficient (Wildman–Crippen LogP) is 6.59. The molecule has 0 aliphatic rings. The van der Waals surface area contributed by atoms with Crippen LogP contribution in [-0.4, -0.2) is 22.4 Å². The highest BCUT2D eigenvalue weighted by molar-refractivity contribution is 5.88. The van der Waals surface area contributed by atoms with E-state index in [0.29, 0.717) is 26.0 Å². The summed E-state index contributed by atoms with van der Waals surface area (Å²) in [5.74, 6) is 0.689. The summed E-state index contributed by atoms with van der Waals surface area (Å²) in [6, 6.07) is 30.5. The quantitative estimate of drug-likeness (QED) is 0.214. The second-order valence-electron chi connectivity index (χ2n) is 9.46. The molecule has 2 aromatic heterocycles. The van der Waals surface area contributed by atoms with Crippen LogP contribution >= 0.6 is 0 Å². The molecule has 192 valence electrons. The van der Waals surface area contributed by atoms with E-state index in [9.17, 15) is 4.79 Å². The molecule has 0 saturated carbocycles. The van der Waals surface area contributed by atoms with Crippen molar-refractivity contribution in [2.45, 2.75) is 38.7 Å². The summed E-state index contributed by atoms with van der Waals surface area (Å²) in [5.41, 5.74) is 6.67. The van der Waals surface area contributed by atoms with Crippen molar-refractivity contribution in [2.75, 3.05) is 6.54 Å². The molecule has 1 amide bonds. The molecule has 5 heteroatoms. The molecule has 0 fully saturated rings. The van der Waals surface area contributed by atoms with Gasteiger partial charge < -0.3 is 15.0 Å². The average molecular weight is 504 g/mol. The summed E-state index contributed by atoms with van der Waals surface area (Å²) in [7, 11) is 0. The molecule has 0 aliphatic heterocycles. The number of pyridine rings is 1. The van der Waals surface area contributed by atoms with Gasteiger partial charge in [-0.25, -0.2) is 0 Å². The van der Waals surface area contributed by atoms with E-state index in [-0.39, 0.29) is 11.8 Å². The lowest BCUT2D eigenvalue weighted by Gasteiger charge is -2.18. The van der Waals surface area contributed by atoms with Gasteiger partial charge in [0, 0.05) is 54.3 Å². The normalized spacial score (nSPS) is 11.8. The summed E-state index contributed by atoms with van der Waals surface area (Å²) in [6.07, 6.45) is 5.83. The van der Waals surface area contributed by atoms with Crippen LogP contribution in [0.15, 0.2) is 103 Å². The van der Waals surface area contributed by atoms with Crippen LogP contribution in [0.25, 0.3) is 10.9 Å². The number of carbonyl (C=O) groups excluding carboxylic acids is 1. The van der Waals surface area contributed by atoms with Gasteiger partial charge in [-0.3, -0.25) is 9.78 Å². The number of amides is 1. The molecule has 2 heterocycles. The summed E-state index contributed by atoms with van der Waals surface area (Å²) in [5, 5.41) is 4.26. The molecule has 0 spiro atoms. The maximum Gasteiger partial charge on any atom is 0.220 e. The molecule has 5 aromatic rings. The van der Waals surface area contributed by atoms with Gasteiger partial charge in [-0.2, -0.15) is 0 Å². The van der Waals surface area contributed by atoms with Crippen molar-refractivity contribution in [3.8, 4) is 5.75 Å². The van der Waals surface area contributed by atoms with Gasteiger partial charge in [0.05, 0.1) is 0 Å². The Kier molecular flexibility index (Phi) is 8.14. The Morgan fingerprint density at radius 1 is 0.974 bits per heavy atom. The molecule has 0 saturated heterocycles. The fourth-order valence-electron chi connectivity index (χ4n) is 4.92. The molecule has 0 radical (unpaired) electrons. The van der Waals surface area contributed by atoms with Crippen LogP contribution in [0.1, 0.15) is 47.2 Å². The summed E-state index contributed by atoms with van der Waals surface area (Å²) in [6.45, 7) is 3.21. The van der Waals surface area contributed by atoms with Crippen LogP contribution in [0.2, 0.25) is 0 Å². The number of para-hydroxylation sites is 1. The van der Waals surface area contributed by atoms with Crippen molar-refractivity contribution < 1.29 is 9.53 Å². The molecule has 5 nitrogen and oxygen atoms in total. The minimum atomic E-state index is -0.119. The Bertz CT molecular complexity index is 1480. The second kappa shape index (κ2) is 12.2. The van der Waals surface area contributed by atoms with Gasteiger partial charge in [-0.1, -0.05) is 73.7 Å². The van der Waals surface area contributed by atoms with E-state index in [0.717, 1.165) is 45.5 Å². The highest BCUT2D eigenvalue weighted by atomic mass is 16.5. The number of fused-ring (bicyclic) bond motifs is 1. The van der Waals surface area contributed by atoms with Crippen molar-refractivity contribution in [1.29, 1.82) is 0 Å². The van der Waals surface area contributed by atoms with Crippen molar-refractivity contribution in [1.82, 2.24) is 15.3 Å². The number of ether oxygens (including phenoxy) is 1. The Morgan fingerprint density at radius 3 is 2.63 bits per heavy atom. The van der Waals surface area contributed by atoms with Crippen molar-refractivity contribution in [2.24, 2.45) is 0 Å².